The van der Waals surface area contributed by atoms with Crippen molar-refractivity contribution in [3.8, 4) is 11.8 Å². The van der Waals surface area contributed by atoms with Gasteiger partial charge in [-0.25, -0.2) is 9.78 Å². The van der Waals surface area contributed by atoms with E-state index in [0.717, 1.165) is 23.3 Å². The summed E-state index contributed by atoms with van der Waals surface area (Å²) in [5.41, 5.74) is 1.33. The van der Waals surface area contributed by atoms with Crippen LogP contribution in [0.1, 0.15) is 46.8 Å². The van der Waals surface area contributed by atoms with Crippen molar-refractivity contribution in [1.29, 1.82) is 5.26 Å². The number of urea groups is 1. The molecule has 6 rings (SSSR count). The highest BCUT2D eigenvalue weighted by Gasteiger charge is 2.45. The molecule has 0 aliphatic carbocycles. The second-order valence-corrected chi connectivity index (χ2v) is 12.1. The molecule has 2 unspecified atom stereocenters. The van der Waals surface area contributed by atoms with Crippen molar-refractivity contribution >= 4 is 40.9 Å². The average Bonchev–Trinajstić information content (AvgIpc) is 3.49. The summed E-state index contributed by atoms with van der Waals surface area (Å²) in [7, 11) is 0. The standard InChI is InChI=1S/C35H29Cl2F3N6O2/c1-2-48-29-19-25(35(38,39)40)8-13-28(29)33-43-31(23-4-9-26(36)10-5-23)32(24-6-11-27(37)12-7-24)46(33)34(47)45-17-15-44(16-18-45)30-14-3-22(20-41)21-42-30/h3-14,19,21,31-32H,2,15-18H2,1H3. The first-order chi connectivity index (χ1) is 23.1. The molecule has 0 spiro atoms. The first kappa shape index (κ1) is 33.1. The summed E-state index contributed by atoms with van der Waals surface area (Å²) in [6, 6.07) is 21.3. The van der Waals surface area contributed by atoms with Crippen molar-refractivity contribution in [1.82, 2.24) is 14.8 Å². The van der Waals surface area contributed by atoms with E-state index in [1.54, 1.807) is 53.1 Å². The molecule has 1 aromatic heterocycles. The van der Waals surface area contributed by atoms with Gasteiger partial charge in [-0.05, 0) is 72.6 Å². The molecule has 2 atom stereocenters. The predicted octanol–water partition coefficient (Wildman–Crippen LogP) is 8.16. The lowest BCUT2D eigenvalue weighted by molar-refractivity contribution is -0.137. The molecule has 1 saturated heterocycles. The van der Waals surface area contributed by atoms with E-state index in [9.17, 15) is 18.0 Å². The van der Waals surface area contributed by atoms with Crippen LogP contribution in [0.3, 0.4) is 0 Å². The van der Waals surface area contributed by atoms with Gasteiger partial charge in [-0.15, -0.1) is 0 Å². The van der Waals surface area contributed by atoms with Crippen LogP contribution in [-0.2, 0) is 6.18 Å². The summed E-state index contributed by atoms with van der Waals surface area (Å²) in [6.45, 7) is 3.41. The topological polar surface area (TPSA) is 85.1 Å². The van der Waals surface area contributed by atoms with E-state index in [-0.39, 0.29) is 29.8 Å². The van der Waals surface area contributed by atoms with E-state index >= 15 is 0 Å². The number of halogens is 5. The van der Waals surface area contributed by atoms with Crippen LogP contribution in [0.5, 0.6) is 5.75 Å². The van der Waals surface area contributed by atoms with Crippen molar-refractivity contribution < 1.29 is 22.7 Å². The lowest BCUT2D eigenvalue weighted by Crippen LogP contribution is -2.54. The fraction of sp³-hybridized carbons (Fsp3) is 0.257. The summed E-state index contributed by atoms with van der Waals surface area (Å²) in [5.74, 6) is 0.845. The minimum Gasteiger partial charge on any atom is -0.493 e. The number of benzene rings is 3. The van der Waals surface area contributed by atoms with Gasteiger partial charge < -0.3 is 14.5 Å². The van der Waals surface area contributed by atoms with Gasteiger partial charge in [-0.2, -0.15) is 18.4 Å². The van der Waals surface area contributed by atoms with Crippen LogP contribution in [0.25, 0.3) is 0 Å². The number of ether oxygens (including phenoxy) is 1. The van der Waals surface area contributed by atoms with Crippen LogP contribution < -0.4 is 9.64 Å². The molecular formula is C35H29Cl2F3N6O2. The fourth-order valence-corrected chi connectivity index (χ4v) is 6.18. The third kappa shape index (κ3) is 6.77. The molecule has 8 nitrogen and oxygen atoms in total. The molecule has 246 valence electrons. The number of amidine groups is 1. The number of piperazine rings is 1. The molecular weight excluding hydrogens is 664 g/mol. The monoisotopic (exact) mass is 692 g/mol. The molecule has 48 heavy (non-hydrogen) atoms. The Labute approximate surface area is 285 Å². The van der Waals surface area contributed by atoms with Crippen LogP contribution >= 0.6 is 23.2 Å². The number of rotatable bonds is 6. The summed E-state index contributed by atoms with van der Waals surface area (Å²) in [6.07, 6.45) is -3.09. The summed E-state index contributed by atoms with van der Waals surface area (Å²) >= 11 is 12.5. The summed E-state index contributed by atoms with van der Waals surface area (Å²) in [4.78, 5) is 29.5. The molecule has 0 bridgehead atoms. The molecule has 2 aliphatic heterocycles. The third-order valence-electron chi connectivity index (χ3n) is 8.30. The maximum atomic E-state index is 14.7. The number of nitrogens with zero attached hydrogens (tertiary/aromatic N) is 6. The van der Waals surface area contributed by atoms with Gasteiger partial charge >= 0.3 is 12.2 Å². The van der Waals surface area contributed by atoms with Gasteiger partial charge in [-0.3, -0.25) is 9.89 Å². The number of nitriles is 1. The van der Waals surface area contributed by atoms with Crippen molar-refractivity contribution in [2.45, 2.75) is 25.2 Å². The molecule has 3 aromatic carbocycles. The Balaban J connectivity index is 1.43. The van der Waals surface area contributed by atoms with Crippen LogP contribution in [0.4, 0.5) is 23.8 Å². The molecule has 1 fully saturated rings. The largest absolute Gasteiger partial charge is 0.493 e. The molecule has 4 aromatic rings. The fourth-order valence-electron chi connectivity index (χ4n) is 5.93. The van der Waals surface area contributed by atoms with Crippen LogP contribution in [-0.4, -0.2) is 59.4 Å². The van der Waals surface area contributed by atoms with E-state index in [0.29, 0.717) is 47.6 Å². The third-order valence-corrected chi connectivity index (χ3v) is 8.80. The quantitative estimate of drug-likeness (QED) is 0.204. The van der Waals surface area contributed by atoms with E-state index in [1.807, 2.05) is 29.2 Å². The van der Waals surface area contributed by atoms with E-state index in [4.69, 9.17) is 38.2 Å². The van der Waals surface area contributed by atoms with Crippen molar-refractivity contribution in [3.63, 3.8) is 0 Å². The summed E-state index contributed by atoms with van der Waals surface area (Å²) in [5, 5.41) is 10.2. The maximum absolute atomic E-state index is 14.7. The summed E-state index contributed by atoms with van der Waals surface area (Å²) < 4.78 is 47.1. The SMILES string of the molecule is CCOc1cc(C(F)(F)F)ccc1C1=NC(c2ccc(Cl)cc2)C(c2ccc(Cl)cc2)N1C(=O)N1CCN(c2ccc(C#N)cn2)CC1. The molecule has 2 aliphatic rings. The first-order valence-corrected chi connectivity index (χ1v) is 16.0. The van der Waals surface area contributed by atoms with Gasteiger partial charge in [0.1, 0.15) is 29.5 Å². The highest BCUT2D eigenvalue weighted by Crippen LogP contribution is 2.46. The zero-order valence-electron chi connectivity index (χ0n) is 25.7. The normalized spacial score (nSPS) is 18.0. The Morgan fingerprint density at radius 3 is 2.15 bits per heavy atom. The smallest absolute Gasteiger partial charge is 0.416 e. The van der Waals surface area contributed by atoms with E-state index in [2.05, 4.69) is 11.1 Å². The Bertz CT molecular complexity index is 1850. The number of pyridine rings is 1. The molecule has 13 heteroatoms. The van der Waals surface area contributed by atoms with Crippen LogP contribution in [0, 0.1) is 11.3 Å². The van der Waals surface area contributed by atoms with Crippen LogP contribution in [0.2, 0.25) is 10.0 Å². The zero-order chi connectivity index (χ0) is 34.0. The van der Waals surface area contributed by atoms with Crippen molar-refractivity contribution in [2.75, 3.05) is 37.7 Å². The van der Waals surface area contributed by atoms with Crippen LogP contribution in [0.15, 0.2) is 90.1 Å². The Morgan fingerprint density at radius 2 is 1.58 bits per heavy atom. The number of hydrogen-bond donors (Lipinski definition) is 0. The predicted molar refractivity (Wildman–Crippen MR) is 178 cm³/mol. The van der Waals surface area contributed by atoms with Gasteiger partial charge in [-0.1, -0.05) is 47.5 Å². The zero-order valence-corrected chi connectivity index (χ0v) is 27.2. The molecule has 0 N–H and O–H groups in total. The highest BCUT2D eigenvalue weighted by molar-refractivity contribution is 6.30. The number of aliphatic imine (C=N–C) groups is 1. The minimum atomic E-state index is -4.60. The number of aromatic nitrogens is 1. The van der Waals surface area contributed by atoms with E-state index < -0.39 is 23.8 Å². The second kappa shape index (κ2) is 13.7. The Kier molecular flexibility index (Phi) is 9.49. The number of amides is 2. The van der Waals surface area contributed by atoms with Gasteiger partial charge in [0.25, 0.3) is 0 Å². The molecule has 2 amide bonds. The van der Waals surface area contributed by atoms with Gasteiger partial charge in [0.2, 0.25) is 0 Å². The van der Waals surface area contributed by atoms with Gasteiger partial charge in [0.15, 0.2) is 0 Å². The lowest BCUT2D eigenvalue weighted by Gasteiger charge is -2.39. The van der Waals surface area contributed by atoms with Crippen molar-refractivity contribution in [3.05, 3.63) is 123 Å². The van der Waals surface area contributed by atoms with Gasteiger partial charge in [0.05, 0.1) is 29.3 Å². The van der Waals surface area contributed by atoms with Crippen molar-refractivity contribution in [2.24, 2.45) is 4.99 Å². The molecule has 3 heterocycles. The Hall–Kier alpha value is -4.79. The number of anilines is 1. The number of hydrogen-bond acceptors (Lipinski definition) is 6. The number of alkyl halides is 3. The Morgan fingerprint density at radius 1 is 0.938 bits per heavy atom. The van der Waals surface area contributed by atoms with E-state index in [1.165, 1.54) is 12.3 Å². The second-order valence-electron chi connectivity index (χ2n) is 11.2. The lowest BCUT2D eigenvalue weighted by atomic mass is 9.93. The molecule has 0 radical (unpaired) electrons. The number of carbonyl (C=O) groups excluding carboxylic acids is 1. The highest BCUT2D eigenvalue weighted by atomic mass is 35.5. The minimum absolute atomic E-state index is 0.0350. The average molecular weight is 694 g/mol. The molecule has 0 saturated carbocycles. The maximum Gasteiger partial charge on any atom is 0.416 e. The van der Waals surface area contributed by atoms with Gasteiger partial charge in [0, 0.05) is 42.4 Å². The first-order valence-electron chi connectivity index (χ1n) is 15.2. The number of carbonyl (C=O) groups is 1.